The number of benzene rings is 10. The second-order valence-electron chi connectivity index (χ2n) is 20.5. The lowest BCUT2D eigenvalue weighted by molar-refractivity contribution is -0.384. The molecule has 0 fully saturated rings. The van der Waals surface area contributed by atoms with Crippen molar-refractivity contribution in [3.05, 3.63) is 332 Å². The van der Waals surface area contributed by atoms with Gasteiger partial charge in [0.15, 0.2) is 5.75 Å². The lowest BCUT2D eigenvalue weighted by atomic mass is 9.97. The third-order valence-corrected chi connectivity index (χ3v) is 14.3. The zero-order valence-corrected chi connectivity index (χ0v) is 46.8. The predicted molar refractivity (Wildman–Crippen MR) is 337 cm³/mol. The second-order valence-corrected chi connectivity index (χ2v) is 20.5. The van der Waals surface area contributed by atoms with E-state index in [4.69, 9.17) is 21.0 Å². The van der Waals surface area contributed by atoms with Crippen LogP contribution in [0.1, 0.15) is 73.2 Å². The van der Waals surface area contributed by atoms with Crippen LogP contribution in [-0.2, 0) is 56.4 Å². The van der Waals surface area contributed by atoms with Gasteiger partial charge >= 0.3 is 0 Å². The van der Waals surface area contributed by atoms with Crippen LogP contribution in [0.5, 0.6) is 5.75 Å². The molecule has 0 atom stereocenters. The molecule has 10 aromatic rings. The summed E-state index contributed by atoms with van der Waals surface area (Å²) in [6.45, 7) is 0.428. The van der Waals surface area contributed by atoms with Gasteiger partial charge in [-0.05, 0) is 159 Å². The van der Waals surface area contributed by atoms with E-state index in [1.165, 1.54) is 55.6 Å². The minimum atomic E-state index is -0.384. The smallest absolute Gasteiger partial charge is 0.269 e. The van der Waals surface area contributed by atoms with Crippen LogP contribution >= 0.6 is 0 Å². The fraction of sp³-hybridized carbons (Fsp3) is 0.162. The number of aryl methyl sites for hydroxylation is 2. The van der Waals surface area contributed by atoms with Gasteiger partial charge in [-0.3, -0.25) is 10.1 Å². The summed E-state index contributed by atoms with van der Waals surface area (Å²) in [6, 6.07) is 85.8. The average molecular weight is 1100 g/mol. The van der Waals surface area contributed by atoms with Crippen molar-refractivity contribution in [1.82, 2.24) is 0 Å². The SMILES string of the molecule is NOOc1ccc(Cc2ccc(/C=C/c3ccc(Cc4ccc([N+](=O)[O-])cc4)cc3)cc2)cc1.OC(Cc1ccc(-c2ccccc2)cc1)Cc1ccc(-c2ccccc2)cc1.OCCc1ccc(CCCc2ccc(CCO)cc2)cc1. The summed E-state index contributed by atoms with van der Waals surface area (Å²) < 4.78 is 0. The van der Waals surface area contributed by atoms with Crippen LogP contribution in [0.15, 0.2) is 255 Å². The van der Waals surface area contributed by atoms with Crippen molar-refractivity contribution in [3.8, 4) is 28.0 Å². The molecule has 0 bridgehead atoms. The van der Waals surface area contributed by atoms with Gasteiger partial charge in [0.05, 0.1) is 11.0 Å². The number of aliphatic hydroxyl groups is 3. The number of nitrogens with zero attached hydrogens (tertiary/aromatic N) is 1. The Morgan fingerprint density at radius 1 is 0.398 bits per heavy atom. The highest BCUT2D eigenvalue weighted by atomic mass is 17.3. The van der Waals surface area contributed by atoms with E-state index in [1.54, 1.807) is 24.3 Å². The maximum atomic E-state index is 10.8. The van der Waals surface area contributed by atoms with E-state index in [0.29, 0.717) is 18.6 Å². The normalized spacial score (nSPS) is 10.9. The Morgan fingerprint density at radius 2 is 0.711 bits per heavy atom. The molecule has 9 heteroatoms. The molecule has 5 N–H and O–H groups in total. The van der Waals surface area contributed by atoms with Crippen molar-refractivity contribution >= 4 is 17.8 Å². The van der Waals surface area contributed by atoms with Crippen LogP contribution in [-0.4, -0.2) is 39.6 Å². The van der Waals surface area contributed by atoms with Crippen molar-refractivity contribution < 1.29 is 30.1 Å². The third kappa shape index (κ3) is 20.2. The Morgan fingerprint density at radius 3 is 1.06 bits per heavy atom. The highest BCUT2D eigenvalue weighted by molar-refractivity contribution is 5.70. The number of nitro groups is 1. The van der Waals surface area contributed by atoms with Crippen LogP contribution in [0.4, 0.5) is 5.69 Å². The van der Waals surface area contributed by atoms with Crippen LogP contribution in [0, 0.1) is 10.1 Å². The van der Waals surface area contributed by atoms with Gasteiger partial charge in [0.1, 0.15) is 0 Å². The Bertz CT molecular complexity index is 3350. The second kappa shape index (κ2) is 32.4. The first kappa shape index (κ1) is 60.0. The first-order valence-electron chi connectivity index (χ1n) is 28.2. The molecule has 0 aliphatic carbocycles. The molecule has 9 nitrogen and oxygen atoms in total. The molecular weight excluding hydrogens is 1030 g/mol. The molecule has 0 aromatic heterocycles. The van der Waals surface area contributed by atoms with Crippen LogP contribution < -0.4 is 10.8 Å². The Labute approximate surface area is 488 Å². The van der Waals surface area contributed by atoms with Gasteiger partial charge in [0, 0.05) is 25.3 Å². The maximum Gasteiger partial charge on any atom is 0.269 e. The van der Waals surface area contributed by atoms with Crippen molar-refractivity contribution in [3.63, 3.8) is 0 Å². The molecule has 0 radical (unpaired) electrons. The van der Waals surface area contributed by atoms with Crippen LogP contribution in [0.2, 0.25) is 0 Å². The predicted octanol–water partition coefficient (Wildman–Crippen LogP) is 15.2. The van der Waals surface area contributed by atoms with Gasteiger partial charge in [-0.1, -0.05) is 248 Å². The average Bonchev–Trinajstić information content (AvgIpc) is 3.56. The first-order valence-corrected chi connectivity index (χ1v) is 28.2. The van der Waals surface area contributed by atoms with E-state index in [0.717, 1.165) is 78.3 Å². The largest absolute Gasteiger partial charge is 0.396 e. The molecule has 420 valence electrons. The summed E-state index contributed by atoms with van der Waals surface area (Å²) in [4.78, 5) is 19.4. The van der Waals surface area contributed by atoms with Gasteiger partial charge in [-0.25, -0.2) is 0 Å². The lowest BCUT2D eigenvalue weighted by Crippen LogP contribution is -2.13. The molecule has 10 rings (SSSR count). The van der Waals surface area contributed by atoms with Crippen LogP contribution in [0.25, 0.3) is 34.4 Å². The monoisotopic (exact) mass is 1100 g/mol. The molecule has 0 heterocycles. The van der Waals surface area contributed by atoms with Gasteiger partial charge < -0.3 is 20.2 Å². The molecule has 0 aliphatic heterocycles. The summed E-state index contributed by atoms with van der Waals surface area (Å²) in [5.41, 5.74) is 19.2. The van der Waals surface area contributed by atoms with Gasteiger partial charge in [-0.2, -0.15) is 5.90 Å². The van der Waals surface area contributed by atoms with E-state index in [9.17, 15) is 15.2 Å². The topological polar surface area (TPSA) is 148 Å². The minimum absolute atomic E-state index is 0.111. The number of aliphatic hydroxyl groups excluding tert-OH is 3. The molecule has 0 saturated heterocycles. The summed E-state index contributed by atoms with van der Waals surface area (Å²) in [5, 5.41) is 39.1. The Kier molecular flexibility index (Phi) is 23.4. The third-order valence-electron chi connectivity index (χ3n) is 14.3. The van der Waals surface area contributed by atoms with E-state index >= 15 is 0 Å². The molecule has 10 aromatic carbocycles. The fourth-order valence-electron chi connectivity index (χ4n) is 9.66. The molecule has 0 spiro atoms. The van der Waals surface area contributed by atoms with Gasteiger partial charge in [-0.15, -0.1) is 0 Å². The molecular formula is C74H72N2O7. The van der Waals surface area contributed by atoms with E-state index in [-0.39, 0.29) is 29.9 Å². The molecule has 83 heavy (non-hydrogen) atoms. The lowest BCUT2D eigenvalue weighted by Gasteiger charge is -2.12. The number of non-ortho nitro benzene ring substituents is 1. The standard InChI is InChI=1S/C28H24N2O4.C27H24O.C19H24O2/c29-34-33-28-17-13-26(14-18-28)20-24-9-5-22(6-10-24)2-1-21-3-7-23(8-4-21)19-25-11-15-27(16-12-25)30(31)32;28-27(19-21-11-15-25(16-12-21)23-7-3-1-4-8-23)20-22-13-17-26(18-14-22)24-9-5-2-6-10-24;20-14-12-18-8-4-16(5-9-18)2-1-3-17-6-10-19(11-7-17)13-15-21/h1-18H,19-20,29H2;1-18,27-28H,19-20H2;4-11,20-21H,1-3,12-15H2/b2-1+;;. The minimum Gasteiger partial charge on any atom is -0.396 e. The van der Waals surface area contributed by atoms with E-state index < -0.39 is 0 Å². The van der Waals surface area contributed by atoms with Crippen LogP contribution in [0.3, 0.4) is 0 Å². The summed E-state index contributed by atoms with van der Waals surface area (Å²) >= 11 is 0. The molecule has 0 saturated carbocycles. The number of hydrogen-bond acceptors (Lipinski definition) is 8. The summed E-state index contributed by atoms with van der Waals surface area (Å²) in [7, 11) is 0. The number of rotatable bonds is 23. The fourth-order valence-corrected chi connectivity index (χ4v) is 9.66. The van der Waals surface area contributed by atoms with E-state index in [2.05, 4.69) is 211 Å². The number of hydrogen-bond donors (Lipinski definition) is 4. The quantitative estimate of drug-likeness (QED) is 0.0214. The highest BCUT2D eigenvalue weighted by Crippen LogP contribution is 2.24. The Hall–Kier alpha value is -9.06. The molecule has 0 aliphatic rings. The first-order chi connectivity index (χ1) is 40.7. The summed E-state index contributed by atoms with van der Waals surface area (Å²) in [6.07, 6.45) is 11.5. The molecule has 0 unspecified atom stereocenters. The maximum absolute atomic E-state index is 10.8. The zero-order chi connectivity index (χ0) is 57.9. The van der Waals surface area contributed by atoms with Crippen molar-refractivity contribution in [2.45, 2.75) is 63.9 Å². The Balaban J connectivity index is 0.000000167. The molecule has 0 amide bonds. The van der Waals surface area contributed by atoms with Crippen molar-refractivity contribution in [1.29, 1.82) is 0 Å². The van der Waals surface area contributed by atoms with Gasteiger partial charge in [0.2, 0.25) is 0 Å². The summed E-state index contributed by atoms with van der Waals surface area (Å²) in [5.74, 6) is 5.46. The highest BCUT2D eigenvalue weighted by Gasteiger charge is 2.10. The van der Waals surface area contributed by atoms with Crippen molar-refractivity contribution in [2.24, 2.45) is 5.90 Å². The van der Waals surface area contributed by atoms with Gasteiger partial charge in [0.25, 0.3) is 5.69 Å². The zero-order valence-electron chi connectivity index (χ0n) is 46.8. The van der Waals surface area contributed by atoms with Crippen molar-refractivity contribution in [2.75, 3.05) is 13.2 Å². The number of nitro benzene ring substituents is 1. The number of nitrogens with two attached hydrogens (primary N) is 1. The van der Waals surface area contributed by atoms with E-state index in [1.807, 2.05) is 36.4 Å².